The van der Waals surface area contributed by atoms with Crippen LogP contribution in [0, 0.1) is 34.5 Å². The Hall–Kier alpha value is -2.62. The van der Waals surface area contributed by atoms with Gasteiger partial charge in [0.15, 0.2) is 0 Å². The second kappa shape index (κ2) is 9.84. The van der Waals surface area contributed by atoms with Crippen molar-refractivity contribution in [3.63, 3.8) is 0 Å². The third-order valence-electron chi connectivity index (χ3n) is 11.8. The monoisotopic (exact) mass is 512 g/mol. The third kappa shape index (κ3) is 4.10. The van der Waals surface area contributed by atoms with Crippen LogP contribution in [0.25, 0.3) is 0 Å². The predicted octanol–water partition coefficient (Wildman–Crippen LogP) is 6.41. The molecular formula is C34H44N2O2. The van der Waals surface area contributed by atoms with Crippen LogP contribution in [-0.2, 0) is 9.59 Å². The first-order valence-electron chi connectivity index (χ1n) is 15.0. The van der Waals surface area contributed by atoms with E-state index in [4.69, 9.17) is 0 Å². The summed E-state index contributed by atoms with van der Waals surface area (Å²) in [6.45, 7) is 5.81. The summed E-state index contributed by atoms with van der Waals surface area (Å²) < 4.78 is 0. The molecule has 3 aliphatic carbocycles. The smallest absolute Gasteiger partial charge is 0.232 e. The van der Waals surface area contributed by atoms with E-state index in [9.17, 15) is 9.59 Å². The molecule has 6 rings (SSSR count). The Bertz CT molecular complexity index is 1130. The Morgan fingerprint density at radius 3 is 2.16 bits per heavy atom. The Kier molecular flexibility index (Phi) is 6.64. The fraction of sp³-hybridized carbons (Fsp3) is 0.588. The molecule has 4 aliphatic rings. The van der Waals surface area contributed by atoms with Crippen LogP contribution in [0.4, 0.5) is 0 Å². The highest BCUT2D eigenvalue weighted by Gasteiger charge is 2.61. The molecule has 1 saturated heterocycles. The lowest BCUT2D eigenvalue weighted by Gasteiger charge is -2.61. The molecule has 38 heavy (non-hydrogen) atoms. The largest absolute Gasteiger partial charge is 0.355 e. The molecule has 7 atom stereocenters. The van der Waals surface area contributed by atoms with E-state index >= 15 is 0 Å². The molecule has 4 fully saturated rings. The number of benzene rings is 2. The first-order chi connectivity index (χ1) is 18.3. The van der Waals surface area contributed by atoms with Gasteiger partial charge in [-0.15, -0.1) is 0 Å². The number of carbonyl (C=O) groups excluding carboxylic acids is 2. The number of likely N-dealkylation sites (tertiary alicyclic amines) is 1. The summed E-state index contributed by atoms with van der Waals surface area (Å²) >= 11 is 0. The molecular weight excluding hydrogens is 468 g/mol. The van der Waals surface area contributed by atoms with E-state index in [1.165, 1.54) is 32.1 Å². The van der Waals surface area contributed by atoms with Gasteiger partial charge in [-0.25, -0.2) is 0 Å². The van der Waals surface area contributed by atoms with Crippen LogP contribution in [0.15, 0.2) is 60.7 Å². The van der Waals surface area contributed by atoms with Crippen LogP contribution in [-0.4, -0.2) is 36.3 Å². The molecule has 2 amide bonds. The van der Waals surface area contributed by atoms with Crippen LogP contribution < -0.4 is 5.32 Å². The lowest BCUT2D eigenvalue weighted by atomic mass is 9.47. The number of carbonyl (C=O) groups is 2. The first-order valence-corrected chi connectivity index (χ1v) is 15.0. The van der Waals surface area contributed by atoms with E-state index in [0.717, 1.165) is 48.3 Å². The molecule has 2 aromatic rings. The molecule has 1 aliphatic heterocycles. The van der Waals surface area contributed by atoms with E-state index in [2.05, 4.69) is 48.3 Å². The number of amides is 2. The molecule has 3 saturated carbocycles. The minimum Gasteiger partial charge on any atom is -0.355 e. The third-order valence-corrected chi connectivity index (χ3v) is 11.8. The highest BCUT2D eigenvalue weighted by Crippen LogP contribution is 2.66. The molecule has 2 aromatic carbocycles. The van der Waals surface area contributed by atoms with Gasteiger partial charge in [0.1, 0.15) is 0 Å². The van der Waals surface area contributed by atoms with Crippen molar-refractivity contribution in [2.45, 2.75) is 77.2 Å². The van der Waals surface area contributed by atoms with Gasteiger partial charge in [0.2, 0.25) is 11.8 Å². The van der Waals surface area contributed by atoms with Crippen molar-refractivity contribution in [3.8, 4) is 0 Å². The van der Waals surface area contributed by atoms with Crippen molar-refractivity contribution >= 4 is 11.8 Å². The predicted molar refractivity (Wildman–Crippen MR) is 151 cm³/mol. The number of rotatable bonds is 5. The normalized spacial score (nSPS) is 36.4. The van der Waals surface area contributed by atoms with Gasteiger partial charge in [-0.05, 0) is 90.6 Å². The summed E-state index contributed by atoms with van der Waals surface area (Å²) in [4.78, 5) is 28.3. The highest BCUT2D eigenvalue weighted by molar-refractivity contribution is 5.87. The molecule has 4 nitrogen and oxygen atoms in total. The van der Waals surface area contributed by atoms with E-state index in [0.29, 0.717) is 29.7 Å². The molecule has 1 heterocycles. The van der Waals surface area contributed by atoms with Gasteiger partial charge in [-0.2, -0.15) is 0 Å². The molecule has 0 spiro atoms. The maximum atomic E-state index is 13.7. The molecule has 0 bridgehead atoms. The second-order valence-corrected chi connectivity index (χ2v) is 13.3. The summed E-state index contributed by atoms with van der Waals surface area (Å²) in [6.07, 6.45) is 9.21. The van der Waals surface area contributed by atoms with Gasteiger partial charge in [-0.1, -0.05) is 74.5 Å². The maximum Gasteiger partial charge on any atom is 0.232 e. The first kappa shape index (κ1) is 25.6. The average molecular weight is 513 g/mol. The van der Waals surface area contributed by atoms with Crippen LogP contribution in [0.3, 0.4) is 0 Å². The van der Waals surface area contributed by atoms with Gasteiger partial charge in [0.05, 0.1) is 5.92 Å². The number of hydrogen-bond acceptors (Lipinski definition) is 2. The molecule has 1 N–H and O–H groups in total. The van der Waals surface area contributed by atoms with Crippen molar-refractivity contribution in [3.05, 3.63) is 71.8 Å². The fourth-order valence-corrected chi connectivity index (χ4v) is 9.71. The Morgan fingerprint density at radius 1 is 0.868 bits per heavy atom. The van der Waals surface area contributed by atoms with Crippen molar-refractivity contribution in [2.75, 3.05) is 13.6 Å². The summed E-state index contributed by atoms with van der Waals surface area (Å²) in [7, 11) is 2.05. The van der Waals surface area contributed by atoms with Crippen molar-refractivity contribution in [1.29, 1.82) is 0 Å². The Balaban J connectivity index is 1.17. The van der Waals surface area contributed by atoms with E-state index < -0.39 is 0 Å². The van der Waals surface area contributed by atoms with Gasteiger partial charge < -0.3 is 10.2 Å². The highest BCUT2D eigenvalue weighted by atomic mass is 16.2. The average Bonchev–Trinajstić information content (AvgIpc) is 3.27. The number of nitrogens with zero attached hydrogens (tertiary/aromatic N) is 1. The van der Waals surface area contributed by atoms with Crippen LogP contribution in [0.5, 0.6) is 0 Å². The van der Waals surface area contributed by atoms with Crippen molar-refractivity contribution < 1.29 is 9.59 Å². The molecule has 4 heteroatoms. The maximum absolute atomic E-state index is 13.7. The number of nitrogens with one attached hydrogen (secondary N) is 1. The van der Waals surface area contributed by atoms with Gasteiger partial charge in [-0.3, -0.25) is 9.59 Å². The zero-order valence-corrected chi connectivity index (χ0v) is 23.4. The zero-order valence-electron chi connectivity index (χ0n) is 23.4. The van der Waals surface area contributed by atoms with E-state index in [-0.39, 0.29) is 17.2 Å². The quantitative estimate of drug-likeness (QED) is 0.503. The minimum atomic E-state index is -0.278. The Morgan fingerprint density at radius 2 is 1.50 bits per heavy atom. The lowest BCUT2D eigenvalue weighted by molar-refractivity contribution is -0.158. The fourth-order valence-electron chi connectivity index (χ4n) is 9.71. The molecule has 0 aromatic heterocycles. The van der Waals surface area contributed by atoms with Gasteiger partial charge in [0.25, 0.3) is 0 Å². The summed E-state index contributed by atoms with van der Waals surface area (Å²) in [5, 5.41) is 3.43. The van der Waals surface area contributed by atoms with Crippen molar-refractivity contribution in [1.82, 2.24) is 10.2 Å². The molecule has 2 unspecified atom stereocenters. The number of fused-ring (bicyclic) bond motifs is 5. The van der Waals surface area contributed by atoms with Gasteiger partial charge >= 0.3 is 0 Å². The number of hydrogen-bond donors (Lipinski definition) is 1. The van der Waals surface area contributed by atoms with Crippen LogP contribution in [0.1, 0.15) is 82.3 Å². The molecule has 0 radical (unpaired) electrons. The summed E-state index contributed by atoms with van der Waals surface area (Å²) in [5.74, 6) is 2.94. The SMILES string of the molecule is CN1C(=O)CC[C@@]2(C)C1CC[C@@H]1[C@H]2CC[C@]2(C)C(CNC(=O)C(c3ccccc3)c3ccccc3)CC[C@@H]12. The Labute approximate surface area is 228 Å². The summed E-state index contributed by atoms with van der Waals surface area (Å²) in [5.41, 5.74) is 2.65. The topological polar surface area (TPSA) is 49.4 Å². The zero-order chi connectivity index (χ0) is 26.5. The standard InChI is InChI=1S/C34H44N2O2/c1-33-20-18-28-26(15-17-29-34(28,2)21-19-30(37)36(29)3)27(33)16-14-25(33)22-35-32(38)31(23-10-6-4-7-11-23)24-12-8-5-9-13-24/h4-13,25-29,31H,14-22H2,1-3H3,(H,35,38)/t25?,26-,27-,28+,29?,33+,34+/m0/s1. The summed E-state index contributed by atoms with van der Waals surface area (Å²) in [6, 6.07) is 20.8. The van der Waals surface area contributed by atoms with Crippen LogP contribution in [0.2, 0.25) is 0 Å². The molecule has 202 valence electrons. The lowest BCUT2D eigenvalue weighted by Crippen LogP contribution is -2.61. The minimum absolute atomic E-state index is 0.117. The van der Waals surface area contributed by atoms with E-state index in [1.54, 1.807) is 0 Å². The van der Waals surface area contributed by atoms with Crippen LogP contribution >= 0.6 is 0 Å². The van der Waals surface area contributed by atoms with Gasteiger partial charge in [0, 0.05) is 26.1 Å². The van der Waals surface area contributed by atoms with Crippen molar-refractivity contribution in [2.24, 2.45) is 34.5 Å². The second-order valence-electron chi connectivity index (χ2n) is 13.3. The number of piperidine rings is 1. The van der Waals surface area contributed by atoms with E-state index in [1.807, 2.05) is 43.4 Å².